The maximum atomic E-state index is 14.2. The van der Waals surface area contributed by atoms with E-state index < -0.39 is 0 Å². The van der Waals surface area contributed by atoms with Crippen molar-refractivity contribution in [2.24, 2.45) is 29.1 Å². The van der Waals surface area contributed by atoms with Gasteiger partial charge in [-0.25, -0.2) is 0 Å². The molecule has 5 aliphatic rings. The van der Waals surface area contributed by atoms with Crippen molar-refractivity contribution in [3.8, 4) is 0 Å². The van der Waals surface area contributed by atoms with Crippen molar-refractivity contribution in [3.05, 3.63) is 0 Å². The monoisotopic (exact) mass is 562 g/mol. The summed E-state index contributed by atoms with van der Waals surface area (Å²) in [6, 6.07) is 1.02. The predicted molar refractivity (Wildman–Crippen MR) is 159 cm³/mol. The van der Waals surface area contributed by atoms with Crippen LogP contribution in [0, 0.1) is 29.1 Å². The molecule has 0 aromatic rings. The fourth-order valence-electron chi connectivity index (χ4n) is 8.07. The van der Waals surface area contributed by atoms with Crippen LogP contribution in [0.4, 0.5) is 0 Å². The highest BCUT2D eigenvalue weighted by atomic mass is 32.2. The third-order valence-electron chi connectivity index (χ3n) is 10.6. The Balaban J connectivity index is 1.23. The molecule has 0 aromatic carbocycles. The first-order chi connectivity index (χ1) is 18.6. The van der Waals surface area contributed by atoms with Crippen molar-refractivity contribution in [2.45, 2.75) is 108 Å². The fourth-order valence-corrected chi connectivity index (χ4v) is 9.61. The number of hydrogen-bond donors (Lipinski definition) is 2. The Labute approximate surface area is 241 Å². The van der Waals surface area contributed by atoms with E-state index in [2.05, 4.69) is 55.1 Å². The number of hydrogen-bond acceptors (Lipinski definition) is 6. The summed E-state index contributed by atoms with van der Waals surface area (Å²) >= 11 is 1.88. The zero-order chi connectivity index (χ0) is 27.7. The van der Waals surface area contributed by atoms with Crippen molar-refractivity contribution in [2.75, 3.05) is 45.9 Å². The van der Waals surface area contributed by atoms with Gasteiger partial charge in [0.15, 0.2) is 0 Å². The second-order valence-electron chi connectivity index (χ2n) is 14.4. The number of rotatable bonds is 6. The van der Waals surface area contributed by atoms with Gasteiger partial charge in [-0.1, -0.05) is 27.7 Å². The Kier molecular flexibility index (Phi) is 9.57. The second kappa shape index (κ2) is 12.6. The van der Waals surface area contributed by atoms with E-state index in [0.717, 1.165) is 90.9 Å². The van der Waals surface area contributed by atoms with Crippen LogP contribution in [-0.2, 0) is 14.3 Å². The quantitative estimate of drug-likeness (QED) is 0.514. The first-order valence-corrected chi connectivity index (χ1v) is 16.8. The maximum Gasteiger partial charge on any atom is 0.233 e. The number of carbonyl (C=O) groups excluding carboxylic acids is 2. The number of morpholine rings is 1. The second-order valence-corrected chi connectivity index (χ2v) is 15.8. The summed E-state index contributed by atoms with van der Waals surface area (Å²) in [6.45, 7) is 17.8. The molecule has 2 N–H and O–H groups in total. The lowest BCUT2D eigenvalue weighted by Crippen LogP contribution is -2.62. The molecule has 9 atom stereocenters. The summed E-state index contributed by atoms with van der Waals surface area (Å²) in [4.78, 5) is 32.3. The van der Waals surface area contributed by atoms with E-state index in [1.54, 1.807) is 0 Å². The molecule has 222 valence electrons. The molecule has 9 unspecified atom stereocenters. The van der Waals surface area contributed by atoms with Gasteiger partial charge in [0, 0.05) is 62.0 Å². The van der Waals surface area contributed by atoms with Crippen molar-refractivity contribution in [1.29, 1.82) is 0 Å². The minimum atomic E-state index is 0.0759. The molecule has 4 heterocycles. The van der Waals surface area contributed by atoms with Crippen LogP contribution in [0.15, 0.2) is 0 Å². The van der Waals surface area contributed by atoms with E-state index in [1.807, 2.05) is 11.8 Å². The van der Waals surface area contributed by atoms with E-state index in [0.29, 0.717) is 41.0 Å². The van der Waals surface area contributed by atoms with Gasteiger partial charge in [0.05, 0.1) is 18.5 Å². The van der Waals surface area contributed by atoms with Crippen LogP contribution in [0.3, 0.4) is 0 Å². The molecular formula is C31H54N4O3S. The fraction of sp³-hybridized carbons (Fsp3) is 0.935. The summed E-state index contributed by atoms with van der Waals surface area (Å²) in [7, 11) is 0. The van der Waals surface area contributed by atoms with Crippen molar-refractivity contribution in [3.63, 3.8) is 0 Å². The zero-order valence-electron chi connectivity index (χ0n) is 25.1. The van der Waals surface area contributed by atoms with Gasteiger partial charge in [0.2, 0.25) is 11.8 Å². The number of fused-ring (bicyclic) bond motifs is 1. The van der Waals surface area contributed by atoms with Gasteiger partial charge in [-0.15, -0.1) is 11.8 Å². The van der Waals surface area contributed by atoms with E-state index in [-0.39, 0.29) is 28.5 Å². The summed E-state index contributed by atoms with van der Waals surface area (Å²) < 4.78 is 5.55. The summed E-state index contributed by atoms with van der Waals surface area (Å²) in [5.41, 5.74) is 0.240. The molecule has 0 bridgehead atoms. The van der Waals surface area contributed by atoms with Gasteiger partial charge in [-0.05, 0) is 75.0 Å². The van der Waals surface area contributed by atoms with E-state index in [9.17, 15) is 9.59 Å². The molecule has 4 saturated heterocycles. The van der Waals surface area contributed by atoms with Crippen LogP contribution in [0.1, 0.15) is 79.6 Å². The Morgan fingerprint density at radius 3 is 2.54 bits per heavy atom. The summed E-state index contributed by atoms with van der Waals surface area (Å²) in [6.07, 6.45) is 7.25. The third-order valence-corrected chi connectivity index (χ3v) is 12.6. The van der Waals surface area contributed by atoms with Gasteiger partial charge in [-0.3, -0.25) is 14.5 Å². The third kappa shape index (κ3) is 6.98. The summed E-state index contributed by atoms with van der Waals surface area (Å²) in [5.74, 6) is 2.10. The van der Waals surface area contributed by atoms with Crippen molar-refractivity contribution in [1.82, 2.24) is 20.4 Å². The number of ether oxygens (including phenoxy) is 1. The minimum Gasteiger partial charge on any atom is -0.379 e. The van der Waals surface area contributed by atoms with Crippen LogP contribution in [0.25, 0.3) is 0 Å². The Hall–Kier alpha value is -0.830. The average molecular weight is 563 g/mol. The highest BCUT2D eigenvalue weighted by Gasteiger charge is 2.48. The molecular weight excluding hydrogens is 508 g/mol. The topological polar surface area (TPSA) is 73.9 Å². The molecule has 5 fully saturated rings. The molecule has 2 amide bonds. The molecule has 4 aliphatic heterocycles. The molecule has 1 saturated carbocycles. The Bertz CT molecular complexity index is 859. The lowest BCUT2D eigenvalue weighted by molar-refractivity contribution is -0.151. The largest absolute Gasteiger partial charge is 0.379 e. The number of piperidine rings is 2. The molecule has 7 nitrogen and oxygen atoms in total. The minimum absolute atomic E-state index is 0.0759. The molecule has 39 heavy (non-hydrogen) atoms. The molecule has 5 rings (SSSR count). The average Bonchev–Trinajstić information content (AvgIpc) is 3.41. The lowest BCUT2D eigenvalue weighted by atomic mass is 9.65. The molecule has 8 heteroatoms. The first kappa shape index (κ1) is 29.7. The van der Waals surface area contributed by atoms with Crippen LogP contribution >= 0.6 is 11.8 Å². The number of nitrogens with zero attached hydrogens (tertiary/aromatic N) is 2. The highest BCUT2D eigenvalue weighted by Crippen LogP contribution is 2.45. The standard InChI is InChI=1S/C31H54N4O3S/c1-20-6-7-23(33-29(36)27-8-9-28(39-27)31(3,4)5)18-24(20)25-17-22-19-32-21(2)16-26(22)35(30(25)37)11-10-34-12-14-38-15-13-34/h20-28,32H,6-19H2,1-5H3,(H,33,36). The highest BCUT2D eigenvalue weighted by molar-refractivity contribution is 8.01. The maximum absolute atomic E-state index is 14.2. The number of amides is 2. The molecule has 1 aliphatic carbocycles. The first-order valence-electron chi connectivity index (χ1n) is 15.9. The van der Waals surface area contributed by atoms with Gasteiger partial charge >= 0.3 is 0 Å². The van der Waals surface area contributed by atoms with Gasteiger partial charge < -0.3 is 20.3 Å². The Morgan fingerprint density at radius 1 is 1.05 bits per heavy atom. The summed E-state index contributed by atoms with van der Waals surface area (Å²) in [5, 5.41) is 7.81. The number of nitrogens with one attached hydrogen (secondary N) is 2. The number of likely N-dealkylation sites (tertiary alicyclic amines) is 1. The van der Waals surface area contributed by atoms with Gasteiger partial charge in [-0.2, -0.15) is 0 Å². The number of carbonyl (C=O) groups is 2. The van der Waals surface area contributed by atoms with Crippen molar-refractivity contribution >= 4 is 23.6 Å². The van der Waals surface area contributed by atoms with E-state index >= 15 is 0 Å². The SMILES string of the molecule is CC1CC2C(CN1)CC(C1CC(NC(=O)C3CCC(C(C)(C)C)S3)CCC1C)C(=O)N2CCN1CCOCC1. The number of thioether (sulfide) groups is 1. The molecule has 0 aromatic heterocycles. The van der Waals surface area contributed by atoms with Gasteiger partial charge in [0.25, 0.3) is 0 Å². The Morgan fingerprint density at radius 2 is 1.82 bits per heavy atom. The molecule has 0 radical (unpaired) electrons. The van der Waals surface area contributed by atoms with Crippen LogP contribution in [0.2, 0.25) is 0 Å². The normalized spacial score (nSPS) is 40.4. The smallest absolute Gasteiger partial charge is 0.233 e. The van der Waals surface area contributed by atoms with Crippen LogP contribution < -0.4 is 10.6 Å². The van der Waals surface area contributed by atoms with Gasteiger partial charge in [0.1, 0.15) is 0 Å². The van der Waals surface area contributed by atoms with E-state index in [4.69, 9.17) is 4.74 Å². The molecule has 0 spiro atoms. The van der Waals surface area contributed by atoms with Crippen LogP contribution in [-0.4, -0.2) is 96.2 Å². The zero-order valence-corrected chi connectivity index (χ0v) is 25.9. The van der Waals surface area contributed by atoms with E-state index in [1.165, 1.54) is 0 Å². The van der Waals surface area contributed by atoms with Crippen molar-refractivity contribution < 1.29 is 14.3 Å². The predicted octanol–water partition coefficient (Wildman–Crippen LogP) is 3.77. The lowest BCUT2D eigenvalue weighted by Gasteiger charge is -2.52. The van der Waals surface area contributed by atoms with Crippen LogP contribution in [0.5, 0.6) is 0 Å².